The Morgan fingerprint density at radius 3 is 2.58 bits per heavy atom. The van der Waals surface area contributed by atoms with Crippen molar-refractivity contribution in [2.75, 3.05) is 6.61 Å². The van der Waals surface area contributed by atoms with E-state index in [0.717, 1.165) is 24.9 Å². The molecule has 1 aromatic heterocycles. The van der Waals surface area contributed by atoms with E-state index in [-0.39, 0.29) is 18.2 Å². The number of hydrogen-bond acceptors (Lipinski definition) is 4. The van der Waals surface area contributed by atoms with Gasteiger partial charge in [-0.2, -0.15) is 0 Å². The Morgan fingerprint density at radius 2 is 2.00 bits per heavy atom. The molecule has 0 saturated heterocycles. The molecule has 0 aliphatic rings. The number of hydrogen-bond donors (Lipinski definition) is 2. The molecule has 0 spiro atoms. The minimum atomic E-state index is -0.454. The van der Waals surface area contributed by atoms with Crippen LogP contribution in [0.4, 0.5) is 0 Å². The van der Waals surface area contributed by atoms with E-state index in [4.69, 9.17) is 0 Å². The molecule has 24 heavy (non-hydrogen) atoms. The van der Waals surface area contributed by atoms with Crippen LogP contribution in [-0.2, 0) is 13.0 Å². The van der Waals surface area contributed by atoms with E-state index in [1.165, 1.54) is 5.56 Å². The maximum Gasteiger partial charge on any atom is 0.274 e. The van der Waals surface area contributed by atoms with Crippen LogP contribution in [-0.4, -0.2) is 32.6 Å². The van der Waals surface area contributed by atoms with Crippen LogP contribution in [0.3, 0.4) is 0 Å². The molecule has 0 saturated carbocycles. The molecule has 2 N–H and O–H groups in total. The molecule has 6 heteroatoms. The fraction of sp³-hybridized carbons (Fsp3) is 0.500. The zero-order valence-corrected chi connectivity index (χ0v) is 14.6. The Bertz CT molecular complexity index is 649. The summed E-state index contributed by atoms with van der Waals surface area (Å²) in [6.07, 6.45) is 3.58. The lowest BCUT2D eigenvalue weighted by molar-refractivity contribution is 0.0911. The van der Waals surface area contributed by atoms with Crippen molar-refractivity contribution in [3.8, 4) is 0 Å². The number of aromatic nitrogens is 3. The highest BCUT2D eigenvalue weighted by atomic mass is 16.3. The summed E-state index contributed by atoms with van der Waals surface area (Å²) >= 11 is 0. The quantitative estimate of drug-likeness (QED) is 0.778. The minimum absolute atomic E-state index is 0.168. The van der Waals surface area contributed by atoms with Crippen molar-refractivity contribution in [2.24, 2.45) is 5.92 Å². The fourth-order valence-electron chi connectivity index (χ4n) is 2.35. The number of amides is 1. The van der Waals surface area contributed by atoms with Crippen LogP contribution in [0.5, 0.6) is 0 Å². The van der Waals surface area contributed by atoms with Gasteiger partial charge in [-0.3, -0.25) is 9.48 Å². The average molecular weight is 330 g/mol. The van der Waals surface area contributed by atoms with Gasteiger partial charge in [-0.15, -0.1) is 5.10 Å². The topological polar surface area (TPSA) is 80.0 Å². The third kappa shape index (κ3) is 4.89. The van der Waals surface area contributed by atoms with Gasteiger partial charge < -0.3 is 10.4 Å². The molecular weight excluding hydrogens is 304 g/mol. The number of carbonyl (C=O) groups excluding carboxylic acids is 1. The normalized spacial score (nSPS) is 12.4. The lowest BCUT2D eigenvalue weighted by atomic mass is 10.0. The Kier molecular flexibility index (Phi) is 6.49. The zero-order valence-electron chi connectivity index (χ0n) is 14.6. The Hall–Kier alpha value is -2.21. The monoisotopic (exact) mass is 330 g/mol. The van der Waals surface area contributed by atoms with E-state index >= 15 is 0 Å². The van der Waals surface area contributed by atoms with Gasteiger partial charge >= 0.3 is 0 Å². The molecule has 2 rings (SSSR count). The summed E-state index contributed by atoms with van der Waals surface area (Å²) in [6, 6.07) is 7.42. The van der Waals surface area contributed by atoms with E-state index < -0.39 is 6.04 Å². The number of nitrogens with zero attached hydrogens (tertiary/aromatic N) is 3. The molecule has 0 aliphatic heterocycles. The molecule has 0 radical (unpaired) electrons. The van der Waals surface area contributed by atoms with Crippen LogP contribution >= 0.6 is 0 Å². The molecule has 130 valence electrons. The number of aliphatic hydroxyl groups is 1. The van der Waals surface area contributed by atoms with Crippen LogP contribution < -0.4 is 5.32 Å². The van der Waals surface area contributed by atoms with Crippen LogP contribution in [0.1, 0.15) is 54.8 Å². The molecule has 0 bridgehead atoms. The number of aliphatic hydroxyl groups excluding tert-OH is 1. The van der Waals surface area contributed by atoms with Crippen LogP contribution in [0, 0.1) is 5.92 Å². The first kappa shape index (κ1) is 18.1. The van der Waals surface area contributed by atoms with E-state index in [9.17, 15) is 9.90 Å². The molecule has 1 atom stereocenters. The molecule has 1 aromatic carbocycles. The Labute approximate surface area is 142 Å². The van der Waals surface area contributed by atoms with Crippen LogP contribution in [0.15, 0.2) is 30.5 Å². The van der Waals surface area contributed by atoms with Crippen molar-refractivity contribution in [3.63, 3.8) is 0 Å². The number of benzene rings is 1. The fourth-order valence-corrected chi connectivity index (χ4v) is 2.35. The van der Waals surface area contributed by atoms with E-state index in [2.05, 4.69) is 36.4 Å². The van der Waals surface area contributed by atoms with Crippen molar-refractivity contribution in [1.82, 2.24) is 20.3 Å². The molecule has 0 aliphatic carbocycles. The van der Waals surface area contributed by atoms with Crippen molar-refractivity contribution < 1.29 is 9.90 Å². The van der Waals surface area contributed by atoms with Gasteiger partial charge in [0.05, 0.1) is 18.8 Å². The van der Waals surface area contributed by atoms with Crippen LogP contribution in [0.25, 0.3) is 0 Å². The lowest BCUT2D eigenvalue weighted by Crippen LogP contribution is -2.31. The van der Waals surface area contributed by atoms with Gasteiger partial charge in [0.15, 0.2) is 5.69 Å². The second-order valence-electron chi connectivity index (χ2n) is 6.35. The summed E-state index contributed by atoms with van der Waals surface area (Å²) in [5.41, 5.74) is 2.35. The molecule has 6 nitrogen and oxygen atoms in total. The summed E-state index contributed by atoms with van der Waals surface area (Å²) in [4.78, 5) is 12.3. The molecule has 1 unspecified atom stereocenters. The summed E-state index contributed by atoms with van der Waals surface area (Å²) in [7, 11) is 0. The standard InChI is InChI=1S/C18H26N4O2/c1-4-14-5-7-15(8-6-14)17(12-23)19-18(24)16-11-22(21-20-16)10-9-13(2)3/h5-8,11,13,17,23H,4,9-10,12H2,1-3H3,(H,19,24). The van der Waals surface area contributed by atoms with Crippen molar-refractivity contribution >= 4 is 5.91 Å². The van der Waals surface area contributed by atoms with Crippen LogP contribution in [0.2, 0.25) is 0 Å². The predicted molar refractivity (Wildman–Crippen MR) is 92.6 cm³/mol. The van der Waals surface area contributed by atoms with Crippen molar-refractivity contribution in [1.29, 1.82) is 0 Å². The first-order chi connectivity index (χ1) is 11.5. The summed E-state index contributed by atoms with van der Waals surface area (Å²) in [5, 5.41) is 20.3. The summed E-state index contributed by atoms with van der Waals surface area (Å²) < 4.78 is 1.68. The SMILES string of the molecule is CCc1ccc(C(CO)NC(=O)c2cn(CCC(C)C)nn2)cc1. The second-order valence-corrected chi connectivity index (χ2v) is 6.35. The van der Waals surface area contributed by atoms with Gasteiger partial charge in [0.25, 0.3) is 5.91 Å². The number of nitrogens with one attached hydrogen (secondary N) is 1. The minimum Gasteiger partial charge on any atom is -0.394 e. The number of aryl methyl sites for hydroxylation is 2. The van der Waals surface area contributed by atoms with Gasteiger partial charge in [-0.05, 0) is 29.9 Å². The highest BCUT2D eigenvalue weighted by Gasteiger charge is 2.17. The Balaban J connectivity index is 2.00. The highest BCUT2D eigenvalue weighted by Crippen LogP contribution is 2.14. The number of rotatable bonds is 8. The van der Waals surface area contributed by atoms with E-state index in [1.807, 2.05) is 24.3 Å². The maximum atomic E-state index is 12.3. The van der Waals surface area contributed by atoms with E-state index in [0.29, 0.717) is 5.92 Å². The molecule has 1 heterocycles. The van der Waals surface area contributed by atoms with Gasteiger partial charge in [0.2, 0.25) is 0 Å². The summed E-state index contributed by atoms with van der Waals surface area (Å²) in [6.45, 7) is 6.93. The first-order valence-corrected chi connectivity index (χ1v) is 8.44. The van der Waals surface area contributed by atoms with Gasteiger partial charge in [0, 0.05) is 6.54 Å². The van der Waals surface area contributed by atoms with Gasteiger partial charge in [0.1, 0.15) is 0 Å². The lowest BCUT2D eigenvalue weighted by Gasteiger charge is -2.16. The molecule has 2 aromatic rings. The number of carbonyl (C=O) groups is 1. The third-order valence-electron chi connectivity index (χ3n) is 3.99. The van der Waals surface area contributed by atoms with E-state index in [1.54, 1.807) is 10.9 Å². The molecule has 0 fully saturated rings. The molecular formula is C18H26N4O2. The maximum absolute atomic E-state index is 12.3. The average Bonchev–Trinajstić information content (AvgIpc) is 3.07. The zero-order chi connectivity index (χ0) is 17.5. The highest BCUT2D eigenvalue weighted by molar-refractivity contribution is 5.92. The largest absolute Gasteiger partial charge is 0.394 e. The Morgan fingerprint density at radius 1 is 1.29 bits per heavy atom. The predicted octanol–water partition coefficient (Wildman–Crippen LogP) is 2.35. The molecule has 1 amide bonds. The van der Waals surface area contributed by atoms with Crippen molar-refractivity contribution in [2.45, 2.75) is 46.2 Å². The van der Waals surface area contributed by atoms with Gasteiger partial charge in [-0.25, -0.2) is 0 Å². The third-order valence-corrected chi connectivity index (χ3v) is 3.99. The van der Waals surface area contributed by atoms with Crippen molar-refractivity contribution in [3.05, 3.63) is 47.3 Å². The summed E-state index contributed by atoms with van der Waals surface area (Å²) in [5.74, 6) is 0.237. The smallest absolute Gasteiger partial charge is 0.274 e. The first-order valence-electron chi connectivity index (χ1n) is 8.44. The second kappa shape index (κ2) is 8.59. The van der Waals surface area contributed by atoms with Gasteiger partial charge in [-0.1, -0.05) is 50.3 Å².